The SMILES string of the molecule is CN(N)C1c2ccccc2-c2ccccc21.NC(=O)O. The van der Waals surface area contributed by atoms with Crippen molar-refractivity contribution in [3.63, 3.8) is 0 Å². The average Bonchev–Trinajstić information content (AvgIpc) is 2.72. The lowest BCUT2D eigenvalue weighted by Crippen LogP contribution is -2.30. The molecule has 0 spiro atoms. The van der Waals surface area contributed by atoms with Crippen molar-refractivity contribution >= 4 is 6.09 Å². The van der Waals surface area contributed by atoms with Crippen molar-refractivity contribution in [2.24, 2.45) is 11.6 Å². The second-order valence-electron chi connectivity index (χ2n) is 4.58. The number of nitrogens with zero attached hydrogens (tertiary/aromatic N) is 1. The van der Waals surface area contributed by atoms with E-state index in [0.717, 1.165) is 0 Å². The van der Waals surface area contributed by atoms with Crippen LogP contribution in [0.2, 0.25) is 0 Å². The third kappa shape index (κ3) is 2.64. The smallest absolute Gasteiger partial charge is 0.402 e. The Balaban J connectivity index is 0.000000328. The summed E-state index contributed by atoms with van der Waals surface area (Å²) < 4.78 is 0. The van der Waals surface area contributed by atoms with E-state index >= 15 is 0 Å². The number of carbonyl (C=O) groups is 1. The van der Waals surface area contributed by atoms with Crippen LogP contribution in [0.4, 0.5) is 4.79 Å². The number of nitrogens with two attached hydrogens (primary N) is 2. The van der Waals surface area contributed by atoms with Crippen LogP contribution in [-0.2, 0) is 0 Å². The highest BCUT2D eigenvalue weighted by atomic mass is 16.4. The Labute approximate surface area is 117 Å². The Kier molecular flexibility index (Phi) is 4.02. The molecule has 1 amide bonds. The number of benzene rings is 2. The van der Waals surface area contributed by atoms with E-state index in [1.807, 2.05) is 7.05 Å². The number of rotatable bonds is 1. The first kappa shape index (κ1) is 14.0. The van der Waals surface area contributed by atoms with Gasteiger partial charge in [0.1, 0.15) is 0 Å². The molecule has 20 heavy (non-hydrogen) atoms. The van der Waals surface area contributed by atoms with Crippen molar-refractivity contribution < 1.29 is 9.90 Å². The molecule has 0 fully saturated rings. The second kappa shape index (κ2) is 5.73. The summed E-state index contributed by atoms with van der Waals surface area (Å²) in [5.41, 5.74) is 9.24. The molecule has 0 saturated heterocycles. The topological polar surface area (TPSA) is 92.6 Å². The fourth-order valence-electron chi connectivity index (χ4n) is 2.57. The summed E-state index contributed by atoms with van der Waals surface area (Å²) in [6.45, 7) is 0. The molecule has 0 radical (unpaired) electrons. The van der Waals surface area contributed by atoms with Crippen molar-refractivity contribution in [2.75, 3.05) is 7.05 Å². The van der Waals surface area contributed by atoms with E-state index in [2.05, 4.69) is 54.3 Å². The lowest BCUT2D eigenvalue weighted by Gasteiger charge is -2.21. The zero-order chi connectivity index (χ0) is 14.7. The normalized spacial score (nSPS) is 12.3. The molecular formula is C15H17N3O2. The number of carboxylic acid groups (broad SMARTS) is 1. The van der Waals surface area contributed by atoms with Crippen LogP contribution in [0.5, 0.6) is 0 Å². The molecule has 3 rings (SSSR count). The molecule has 0 bridgehead atoms. The van der Waals surface area contributed by atoms with Crippen LogP contribution < -0.4 is 11.6 Å². The first-order valence-electron chi connectivity index (χ1n) is 6.16. The van der Waals surface area contributed by atoms with E-state index in [0.29, 0.717) is 0 Å². The highest BCUT2D eigenvalue weighted by Gasteiger charge is 2.29. The molecule has 0 aliphatic heterocycles. The maximum atomic E-state index is 8.78. The molecule has 0 aromatic heterocycles. The molecule has 1 aliphatic rings. The predicted molar refractivity (Wildman–Crippen MR) is 77.9 cm³/mol. The van der Waals surface area contributed by atoms with Crippen molar-refractivity contribution in [3.8, 4) is 11.1 Å². The Morgan fingerprint density at radius 3 is 1.75 bits per heavy atom. The Bertz CT molecular complexity index is 577. The first-order chi connectivity index (χ1) is 9.52. The summed E-state index contributed by atoms with van der Waals surface area (Å²) in [7, 11) is 1.92. The lowest BCUT2D eigenvalue weighted by atomic mass is 10.1. The summed E-state index contributed by atoms with van der Waals surface area (Å²) in [6.07, 6.45) is -1.33. The molecule has 5 N–H and O–H groups in total. The molecular weight excluding hydrogens is 254 g/mol. The Hall–Kier alpha value is -2.37. The standard InChI is InChI=1S/C14H14N2.CH3NO2/c1-16(15)14-12-8-4-2-6-10(12)11-7-3-5-9-13(11)14;2-1(3)4/h2-9,14H,15H2,1H3;2H2,(H,3,4). The van der Waals surface area contributed by atoms with Gasteiger partial charge >= 0.3 is 6.09 Å². The predicted octanol–water partition coefficient (Wildman–Crippen LogP) is 2.19. The van der Waals surface area contributed by atoms with Gasteiger partial charge in [-0.15, -0.1) is 0 Å². The van der Waals surface area contributed by atoms with E-state index in [-0.39, 0.29) is 6.04 Å². The van der Waals surface area contributed by atoms with Gasteiger partial charge in [0.25, 0.3) is 0 Å². The minimum Gasteiger partial charge on any atom is -0.465 e. The molecule has 0 unspecified atom stereocenters. The highest BCUT2D eigenvalue weighted by molar-refractivity contribution is 5.78. The maximum absolute atomic E-state index is 8.78. The van der Waals surface area contributed by atoms with E-state index in [9.17, 15) is 0 Å². The minimum absolute atomic E-state index is 0.187. The molecule has 1 aliphatic carbocycles. The summed E-state index contributed by atoms with van der Waals surface area (Å²) >= 11 is 0. The fraction of sp³-hybridized carbons (Fsp3) is 0.133. The van der Waals surface area contributed by atoms with Crippen molar-refractivity contribution in [1.29, 1.82) is 0 Å². The number of primary amides is 1. The van der Waals surface area contributed by atoms with Crippen LogP contribution in [0.3, 0.4) is 0 Å². The summed E-state index contributed by atoms with van der Waals surface area (Å²) in [4.78, 5) is 8.78. The van der Waals surface area contributed by atoms with Gasteiger partial charge in [-0.05, 0) is 22.3 Å². The lowest BCUT2D eigenvalue weighted by molar-refractivity contribution is 0.205. The van der Waals surface area contributed by atoms with Gasteiger partial charge in [-0.2, -0.15) is 0 Å². The number of hydrogen-bond donors (Lipinski definition) is 3. The summed E-state index contributed by atoms with van der Waals surface area (Å²) in [5.74, 6) is 5.96. The maximum Gasteiger partial charge on any atom is 0.402 e. The third-order valence-corrected chi connectivity index (χ3v) is 3.21. The molecule has 0 saturated carbocycles. The Morgan fingerprint density at radius 1 is 1.05 bits per heavy atom. The number of amides is 1. The van der Waals surface area contributed by atoms with Crippen LogP contribution >= 0.6 is 0 Å². The number of hydrogen-bond acceptors (Lipinski definition) is 3. The van der Waals surface area contributed by atoms with Crippen LogP contribution in [0, 0.1) is 0 Å². The van der Waals surface area contributed by atoms with Gasteiger partial charge < -0.3 is 10.8 Å². The largest absolute Gasteiger partial charge is 0.465 e. The quantitative estimate of drug-likeness (QED) is 0.547. The van der Waals surface area contributed by atoms with E-state index < -0.39 is 6.09 Å². The van der Waals surface area contributed by atoms with E-state index in [1.165, 1.54) is 22.3 Å². The van der Waals surface area contributed by atoms with Gasteiger partial charge in [-0.25, -0.2) is 9.80 Å². The molecule has 0 heterocycles. The van der Waals surface area contributed by atoms with Gasteiger partial charge in [0.15, 0.2) is 0 Å². The van der Waals surface area contributed by atoms with Crippen LogP contribution in [-0.4, -0.2) is 23.3 Å². The van der Waals surface area contributed by atoms with Gasteiger partial charge in [0, 0.05) is 7.05 Å². The molecule has 2 aromatic rings. The average molecular weight is 271 g/mol. The van der Waals surface area contributed by atoms with Crippen molar-refractivity contribution in [3.05, 3.63) is 59.7 Å². The van der Waals surface area contributed by atoms with Crippen molar-refractivity contribution in [1.82, 2.24) is 5.01 Å². The zero-order valence-electron chi connectivity index (χ0n) is 11.2. The number of fused-ring (bicyclic) bond motifs is 3. The monoisotopic (exact) mass is 271 g/mol. The molecule has 2 aromatic carbocycles. The van der Waals surface area contributed by atoms with Gasteiger partial charge in [0.2, 0.25) is 0 Å². The van der Waals surface area contributed by atoms with E-state index in [1.54, 1.807) is 5.01 Å². The molecule has 5 heteroatoms. The molecule has 0 atom stereocenters. The molecule has 5 nitrogen and oxygen atoms in total. The van der Waals surface area contributed by atoms with Gasteiger partial charge in [-0.1, -0.05) is 48.5 Å². The van der Waals surface area contributed by atoms with E-state index in [4.69, 9.17) is 15.7 Å². The Morgan fingerprint density at radius 2 is 1.40 bits per heavy atom. The summed E-state index contributed by atoms with van der Waals surface area (Å²) in [6, 6.07) is 17.1. The number of hydrazine groups is 1. The van der Waals surface area contributed by atoms with Crippen molar-refractivity contribution in [2.45, 2.75) is 6.04 Å². The summed E-state index contributed by atoms with van der Waals surface area (Å²) in [5, 5.41) is 8.98. The van der Waals surface area contributed by atoms with Crippen LogP contribution in [0.15, 0.2) is 48.5 Å². The first-order valence-corrected chi connectivity index (χ1v) is 6.16. The minimum atomic E-state index is -1.33. The third-order valence-electron chi connectivity index (χ3n) is 3.21. The highest BCUT2D eigenvalue weighted by Crippen LogP contribution is 2.44. The van der Waals surface area contributed by atoms with Crippen LogP contribution in [0.1, 0.15) is 17.2 Å². The van der Waals surface area contributed by atoms with Crippen LogP contribution in [0.25, 0.3) is 11.1 Å². The fourth-order valence-corrected chi connectivity index (χ4v) is 2.57. The zero-order valence-corrected chi connectivity index (χ0v) is 11.2. The second-order valence-corrected chi connectivity index (χ2v) is 4.58. The molecule has 104 valence electrons. The van der Waals surface area contributed by atoms with Gasteiger partial charge in [0.05, 0.1) is 6.04 Å². The van der Waals surface area contributed by atoms with Gasteiger partial charge in [-0.3, -0.25) is 5.84 Å².